The summed E-state index contributed by atoms with van der Waals surface area (Å²) in [5.41, 5.74) is 2.54. The first-order chi connectivity index (χ1) is 10.4. The second-order valence-corrected chi connectivity index (χ2v) is 5.34. The molecule has 5 heteroatoms. The first-order valence-corrected chi connectivity index (χ1v) is 7.14. The van der Waals surface area contributed by atoms with Crippen LogP contribution in [0.1, 0.15) is 32.8 Å². The van der Waals surface area contributed by atoms with Crippen LogP contribution in [-0.2, 0) is 16.1 Å². The zero-order valence-electron chi connectivity index (χ0n) is 13.1. The molecule has 0 unspecified atom stereocenters. The van der Waals surface area contributed by atoms with Crippen molar-refractivity contribution in [3.8, 4) is 6.07 Å². The molecule has 2 N–H and O–H groups in total. The van der Waals surface area contributed by atoms with Crippen LogP contribution in [0.3, 0.4) is 0 Å². The fourth-order valence-electron chi connectivity index (χ4n) is 1.65. The summed E-state index contributed by atoms with van der Waals surface area (Å²) >= 11 is 0. The number of nitrogens with one attached hydrogen (secondary N) is 2. The number of hydrogen-bond donors (Lipinski definition) is 2. The number of allylic oxidation sites excluding steroid dienone is 1. The van der Waals surface area contributed by atoms with Crippen LogP contribution in [0.15, 0.2) is 35.9 Å². The first-order valence-electron chi connectivity index (χ1n) is 7.14. The summed E-state index contributed by atoms with van der Waals surface area (Å²) in [5, 5.41) is 13.9. The number of nitrogens with zero attached hydrogens (tertiary/aromatic N) is 1. The van der Waals surface area contributed by atoms with Gasteiger partial charge in [0.15, 0.2) is 0 Å². The minimum Gasteiger partial charge on any atom is -0.351 e. The van der Waals surface area contributed by atoms with Gasteiger partial charge in [-0.15, -0.1) is 0 Å². The number of rotatable bonds is 6. The number of carbonyl (C=O) groups is 2. The molecule has 0 bridgehead atoms. The average Bonchev–Trinajstić information content (AvgIpc) is 2.45. The molecule has 0 radical (unpaired) electrons. The van der Waals surface area contributed by atoms with Crippen LogP contribution in [0.2, 0.25) is 0 Å². The van der Waals surface area contributed by atoms with Crippen molar-refractivity contribution in [2.24, 2.45) is 5.92 Å². The van der Waals surface area contributed by atoms with E-state index in [1.807, 2.05) is 26.8 Å². The zero-order valence-corrected chi connectivity index (χ0v) is 13.1. The Morgan fingerprint density at radius 2 is 2.09 bits per heavy atom. The quantitative estimate of drug-likeness (QED) is 0.792. The molecular formula is C17H21N3O2. The summed E-state index contributed by atoms with van der Waals surface area (Å²) in [6.07, 6.45) is 1.43. The van der Waals surface area contributed by atoms with Gasteiger partial charge >= 0.3 is 0 Å². The lowest BCUT2D eigenvalue weighted by atomic mass is 10.1. The maximum absolute atomic E-state index is 11.9. The number of hydrogen-bond acceptors (Lipinski definition) is 3. The Labute approximate surface area is 131 Å². The number of carbonyl (C=O) groups excluding carboxylic acids is 2. The summed E-state index contributed by atoms with van der Waals surface area (Å²) in [4.78, 5) is 23.1. The molecule has 116 valence electrons. The second kappa shape index (κ2) is 8.63. The summed E-state index contributed by atoms with van der Waals surface area (Å²) in [5.74, 6) is -0.156. The van der Waals surface area contributed by atoms with Gasteiger partial charge in [-0.2, -0.15) is 5.26 Å². The Morgan fingerprint density at radius 1 is 1.36 bits per heavy atom. The van der Waals surface area contributed by atoms with E-state index >= 15 is 0 Å². The van der Waals surface area contributed by atoms with Crippen LogP contribution in [0, 0.1) is 17.2 Å². The number of benzene rings is 1. The molecule has 0 aliphatic carbocycles. The van der Waals surface area contributed by atoms with Crippen molar-refractivity contribution in [3.05, 3.63) is 41.5 Å². The monoisotopic (exact) mass is 299 g/mol. The van der Waals surface area contributed by atoms with E-state index in [1.54, 1.807) is 30.3 Å². The van der Waals surface area contributed by atoms with Gasteiger partial charge in [0, 0.05) is 18.3 Å². The third-order valence-electron chi connectivity index (χ3n) is 3.19. The van der Waals surface area contributed by atoms with Crippen molar-refractivity contribution in [3.63, 3.8) is 0 Å². The standard InChI is InChI=1S/C17H21N3O2/c1-12(2)13(3)9-17(22)20-15-6-4-5-14(10-15)11-19-16(21)7-8-18/h4-6,9-10,12H,7,11H2,1-3H3,(H,19,21)(H,20,22)/b13-9+. The van der Waals surface area contributed by atoms with Gasteiger partial charge < -0.3 is 10.6 Å². The molecular weight excluding hydrogens is 278 g/mol. The Morgan fingerprint density at radius 3 is 2.73 bits per heavy atom. The van der Waals surface area contributed by atoms with Crippen LogP contribution >= 0.6 is 0 Å². The van der Waals surface area contributed by atoms with Crippen LogP contribution in [-0.4, -0.2) is 11.8 Å². The highest BCUT2D eigenvalue weighted by Crippen LogP contribution is 2.12. The highest BCUT2D eigenvalue weighted by atomic mass is 16.2. The first kappa shape index (κ1) is 17.4. The second-order valence-electron chi connectivity index (χ2n) is 5.34. The molecule has 1 aromatic rings. The lowest BCUT2D eigenvalue weighted by molar-refractivity contribution is -0.120. The molecule has 1 aromatic carbocycles. The van der Waals surface area contributed by atoms with Gasteiger partial charge in [-0.1, -0.05) is 31.6 Å². The molecule has 0 heterocycles. The predicted octanol–water partition coefficient (Wildman–Crippen LogP) is 2.76. The molecule has 0 aromatic heterocycles. The molecule has 1 rings (SSSR count). The van der Waals surface area contributed by atoms with Crippen molar-refractivity contribution in [1.82, 2.24) is 5.32 Å². The Hall–Kier alpha value is -2.61. The van der Waals surface area contributed by atoms with Crippen molar-refractivity contribution >= 4 is 17.5 Å². The Kier molecular flexibility index (Phi) is 6.84. The summed E-state index contributed by atoms with van der Waals surface area (Å²) < 4.78 is 0. The zero-order chi connectivity index (χ0) is 16.5. The van der Waals surface area contributed by atoms with Gasteiger partial charge in [0.1, 0.15) is 6.42 Å². The molecule has 0 aliphatic rings. The van der Waals surface area contributed by atoms with Gasteiger partial charge in [-0.3, -0.25) is 9.59 Å². The maximum Gasteiger partial charge on any atom is 0.248 e. The van der Waals surface area contributed by atoms with Gasteiger partial charge in [-0.05, 0) is 30.5 Å². The molecule has 0 fully saturated rings. The average molecular weight is 299 g/mol. The fourth-order valence-corrected chi connectivity index (χ4v) is 1.65. The number of anilines is 1. The lowest BCUT2D eigenvalue weighted by Gasteiger charge is -2.08. The van der Waals surface area contributed by atoms with Gasteiger partial charge in [0.05, 0.1) is 6.07 Å². The van der Waals surface area contributed by atoms with E-state index in [-0.39, 0.29) is 18.2 Å². The van der Waals surface area contributed by atoms with Crippen molar-refractivity contribution in [2.75, 3.05) is 5.32 Å². The largest absolute Gasteiger partial charge is 0.351 e. The number of amides is 2. The van der Waals surface area contributed by atoms with E-state index in [1.165, 1.54) is 0 Å². The van der Waals surface area contributed by atoms with Crippen LogP contribution in [0.5, 0.6) is 0 Å². The molecule has 0 spiro atoms. The summed E-state index contributed by atoms with van der Waals surface area (Å²) in [6.45, 7) is 6.31. The molecule has 0 aliphatic heterocycles. The topological polar surface area (TPSA) is 82.0 Å². The third kappa shape index (κ3) is 6.23. The van der Waals surface area contributed by atoms with Crippen LogP contribution in [0.4, 0.5) is 5.69 Å². The molecule has 5 nitrogen and oxygen atoms in total. The molecule has 22 heavy (non-hydrogen) atoms. The fraction of sp³-hybridized carbons (Fsp3) is 0.353. The van der Waals surface area contributed by atoms with Crippen LogP contribution in [0.25, 0.3) is 0 Å². The van der Waals surface area contributed by atoms with E-state index in [4.69, 9.17) is 5.26 Å². The lowest BCUT2D eigenvalue weighted by Crippen LogP contribution is -2.21. The van der Waals surface area contributed by atoms with E-state index in [0.29, 0.717) is 18.2 Å². The molecule has 2 amide bonds. The summed E-state index contributed by atoms with van der Waals surface area (Å²) in [6, 6.07) is 9.03. The normalized spacial score (nSPS) is 11.0. The third-order valence-corrected chi connectivity index (χ3v) is 3.19. The smallest absolute Gasteiger partial charge is 0.248 e. The maximum atomic E-state index is 11.9. The highest BCUT2D eigenvalue weighted by molar-refractivity contribution is 5.99. The van der Waals surface area contributed by atoms with E-state index < -0.39 is 0 Å². The van der Waals surface area contributed by atoms with E-state index in [9.17, 15) is 9.59 Å². The minimum absolute atomic E-state index is 0.157. The highest BCUT2D eigenvalue weighted by Gasteiger charge is 2.04. The van der Waals surface area contributed by atoms with Crippen LogP contribution < -0.4 is 10.6 Å². The molecule has 0 atom stereocenters. The Balaban J connectivity index is 2.65. The number of nitriles is 1. The SMILES string of the molecule is C/C(=C\C(=O)Nc1cccc(CNC(=O)CC#N)c1)C(C)C. The minimum atomic E-state index is -0.313. The molecule has 0 saturated heterocycles. The Bertz CT molecular complexity index is 613. The van der Waals surface area contributed by atoms with Crippen molar-refractivity contribution in [2.45, 2.75) is 33.7 Å². The van der Waals surface area contributed by atoms with Gasteiger partial charge in [-0.25, -0.2) is 0 Å². The van der Waals surface area contributed by atoms with Crippen molar-refractivity contribution < 1.29 is 9.59 Å². The van der Waals surface area contributed by atoms with E-state index in [2.05, 4.69) is 10.6 Å². The summed E-state index contributed by atoms with van der Waals surface area (Å²) in [7, 11) is 0. The predicted molar refractivity (Wildman–Crippen MR) is 85.7 cm³/mol. The van der Waals surface area contributed by atoms with E-state index in [0.717, 1.165) is 11.1 Å². The molecule has 0 saturated carbocycles. The van der Waals surface area contributed by atoms with Gasteiger partial charge in [0.2, 0.25) is 11.8 Å². The van der Waals surface area contributed by atoms with Gasteiger partial charge in [0.25, 0.3) is 0 Å². The van der Waals surface area contributed by atoms with Crippen molar-refractivity contribution in [1.29, 1.82) is 5.26 Å².